The van der Waals surface area contributed by atoms with Gasteiger partial charge < -0.3 is 19.7 Å². The highest BCUT2D eigenvalue weighted by Gasteiger charge is 2.40. The number of fused-ring (bicyclic) bond motifs is 1. The van der Waals surface area contributed by atoms with Crippen LogP contribution in [-0.2, 0) is 9.59 Å². The Morgan fingerprint density at radius 2 is 1.77 bits per heavy atom. The van der Waals surface area contributed by atoms with Gasteiger partial charge in [-0.1, -0.05) is 37.1 Å². The third-order valence-corrected chi connectivity index (χ3v) is 11.4. The average molecular weight is 708 g/mol. The van der Waals surface area contributed by atoms with E-state index >= 15 is 4.39 Å². The first-order chi connectivity index (χ1) is 25.1. The van der Waals surface area contributed by atoms with Crippen LogP contribution < -0.4 is 15.5 Å². The van der Waals surface area contributed by atoms with Crippen LogP contribution in [-0.4, -0.2) is 99.5 Å². The number of amides is 3. The zero-order chi connectivity index (χ0) is 36.0. The normalized spacial score (nSPS) is 21.3. The van der Waals surface area contributed by atoms with E-state index in [0.29, 0.717) is 68.7 Å². The zero-order valence-electron chi connectivity index (χ0n) is 29.9. The summed E-state index contributed by atoms with van der Waals surface area (Å²) < 4.78 is 18.2. The summed E-state index contributed by atoms with van der Waals surface area (Å²) in [6.45, 7) is 3.24. The van der Waals surface area contributed by atoms with Crippen molar-refractivity contribution >= 4 is 46.2 Å². The van der Waals surface area contributed by atoms with Crippen molar-refractivity contribution in [3.63, 3.8) is 0 Å². The minimum atomic E-state index is -1.24. The lowest BCUT2D eigenvalue weighted by molar-refractivity contribution is -0.134. The highest BCUT2D eigenvalue weighted by Crippen LogP contribution is 2.37. The molecule has 52 heavy (non-hydrogen) atoms. The number of hydrogen-bond donors (Lipinski definition) is 2. The number of anilines is 3. The summed E-state index contributed by atoms with van der Waals surface area (Å²) in [5.41, 5.74) is 3.22. The number of hydrogen-bond acceptors (Lipinski definition) is 9. The molecule has 3 aromatic heterocycles. The standard InChI is InChI=1S/C39H46FN9O3/c1-46(2)37(52)32-19-27-20-42-38(45-35(27)49(32)29-8-3-4-9-29)43-33-12-10-30(21-41-33)48-16-14-39(40,15-17-48)24-47-22-28(23-47)25-6-5-7-26(18-25)31-11-13-34(50)44-36(31)51/h5-7,10,12,18-21,28-29,31H,3-4,8-9,11,13-17,22-24H2,1-2H3,(H,44,50,51)(H,41,42,43,45). The van der Waals surface area contributed by atoms with Crippen molar-refractivity contribution in [2.24, 2.45) is 0 Å². The summed E-state index contributed by atoms with van der Waals surface area (Å²) in [6, 6.07) is 14.1. The maximum absolute atomic E-state index is 16.1. The number of piperidine rings is 2. The van der Waals surface area contributed by atoms with Crippen LogP contribution in [0.15, 0.2) is 54.9 Å². The van der Waals surface area contributed by atoms with Gasteiger partial charge in [0, 0.05) is 89.6 Å². The number of carbonyl (C=O) groups excluding carboxylic acids is 3. The van der Waals surface area contributed by atoms with E-state index in [1.54, 1.807) is 25.2 Å². The maximum atomic E-state index is 16.1. The lowest BCUT2D eigenvalue weighted by Gasteiger charge is -2.45. The molecule has 3 aliphatic heterocycles. The number of rotatable bonds is 9. The molecule has 1 atom stereocenters. The molecule has 13 heteroatoms. The lowest BCUT2D eigenvalue weighted by atomic mass is 9.84. The topological polar surface area (TPSA) is 129 Å². The van der Waals surface area contributed by atoms with Crippen LogP contribution in [0.5, 0.6) is 0 Å². The molecule has 1 aromatic carbocycles. The van der Waals surface area contributed by atoms with Crippen molar-refractivity contribution in [3.8, 4) is 0 Å². The van der Waals surface area contributed by atoms with E-state index in [0.717, 1.165) is 61.1 Å². The third kappa shape index (κ3) is 6.85. The molecule has 1 saturated carbocycles. The van der Waals surface area contributed by atoms with Gasteiger partial charge in [-0.05, 0) is 48.6 Å². The van der Waals surface area contributed by atoms with Crippen LogP contribution in [0.3, 0.4) is 0 Å². The summed E-state index contributed by atoms with van der Waals surface area (Å²) in [6.07, 6.45) is 9.70. The van der Waals surface area contributed by atoms with E-state index in [9.17, 15) is 14.4 Å². The summed E-state index contributed by atoms with van der Waals surface area (Å²) in [5, 5.41) is 6.53. The van der Waals surface area contributed by atoms with Gasteiger partial charge in [0.05, 0.1) is 17.8 Å². The molecule has 8 rings (SSSR count). The van der Waals surface area contributed by atoms with E-state index in [1.165, 1.54) is 5.56 Å². The maximum Gasteiger partial charge on any atom is 0.270 e. The molecule has 0 bridgehead atoms. The van der Waals surface area contributed by atoms with Crippen LogP contribution in [0.4, 0.5) is 21.8 Å². The summed E-state index contributed by atoms with van der Waals surface area (Å²) >= 11 is 0. The molecule has 4 fully saturated rings. The predicted octanol–water partition coefficient (Wildman–Crippen LogP) is 5.31. The number of carbonyl (C=O) groups is 3. The van der Waals surface area contributed by atoms with Gasteiger partial charge in [0.15, 0.2) is 0 Å². The molecule has 2 N–H and O–H groups in total. The highest BCUT2D eigenvalue weighted by molar-refractivity contribution is 6.01. The fourth-order valence-electron chi connectivity index (χ4n) is 8.43. The zero-order valence-corrected chi connectivity index (χ0v) is 29.9. The molecule has 0 spiro atoms. The minimum Gasteiger partial charge on any atom is -0.370 e. The van der Waals surface area contributed by atoms with Crippen LogP contribution in [0.2, 0.25) is 0 Å². The summed E-state index contributed by atoms with van der Waals surface area (Å²) in [5.74, 6) is 0.575. The highest BCUT2D eigenvalue weighted by atomic mass is 19.1. The molecule has 3 amide bonds. The Bertz CT molecular complexity index is 1980. The summed E-state index contributed by atoms with van der Waals surface area (Å²) in [7, 11) is 3.54. The van der Waals surface area contributed by atoms with Crippen molar-refractivity contribution in [1.82, 2.24) is 34.6 Å². The smallest absolute Gasteiger partial charge is 0.270 e. The minimum absolute atomic E-state index is 0.0416. The van der Waals surface area contributed by atoms with Crippen molar-refractivity contribution < 1.29 is 18.8 Å². The Morgan fingerprint density at radius 3 is 2.48 bits per heavy atom. The Hall–Kier alpha value is -4.91. The molecule has 4 aliphatic rings. The van der Waals surface area contributed by atoms with Gasteiger partial charge in [0.1, 0.15) is 22.8 Å². The molecular formula is C39H46FN9O3. The number of nitrogens with zero attached hydrogens (tertiary/aromatic N) is 7. The molecule has 3 saturated heterocycles. The van der Waals surface area contributed by atoms with E-state index in [1.807, 2.05) is 36.5 Å². The number of aromatic nitrogens is 4. The number of alkyl halides is 1. The molecule has 4 aromatic rings. The second kappa shape index (κ2) is 13.9. The van der Waals surface area contributed by atoms with Crippen molar-refractivity contribution in [3.05, 3.63) is 71.7 Å². The number of nitrogens with one attached hydrogen (secondary N) is 2. The number of pyridine rings is 1. The SMILES string of the molecule is CN(C)C(=O)c1cc2cnc(Nc3ccc(N4CCC(F)(CN5CC(c6cccc(C7CCC(=O)NC7=O)c6)C5)CC4)cn3)nc2n1C1CCCC1. The van der Waals surface area contributed by atoms with Gasteiger partial charge in [0.2, 0.25) is 17.8 Å². The Labute approximate surface area is 302 Å². The first-order valence-electron chi connectivity index (χ1n) is 18.5. The van der Waals surface area contributed by atoms with Crippen LogP contribution in [0, 0.1) is 0 Å². The van der Waals surface area contributed by atoms with Crippen molar-refractivity contribution in [2.75, 3.05) is 57.0 Å². The van der Waals surface area contributed by atoms with E-state index in [-0.39, 0.29) is 29.7 Å². The molecule has 12 nitrogen and oxygen atoms in total. The van der Waals surface area contributed by atoms with Gasteiger partial charge in [-0.2, -0.15) is 4.98 Å². The third-order valence-electron chi connectivity index (χ3n) is 11.4. The van der Waals surface area contributed by atoms with Gasteiger partial charge in [-0.25, -0.2) is 14.4 Å². The summed E-state index contributed by atoms with van der Waals surface area (Å²) in [4.78, 5) is 57.0. The number of benzene rings is 1. The van der Waals surface area contributed by atoms with Crippen molar-refractivity contribution in [2.45, 2.75) is 74.9 Å². The predicted molar refractivity (Wildman–Crippen MR) is 197 cm³/mol. The van der Waals surface area contributed by atoms with Crippen LogP contribution in [0.1, 0.15) is 90.9 Å². The first-order valence-corrected chi connectivity index (χ1v) is 18.5. The first kappa shape index (κ1) is 34.2. The molecule has 6 heterocycles. The van der Waals surface area contributed by atoms with E-state index < -0.39 is 5.67 Å². The monoisotopic (exact) mass is 707 g/mol. The van der Waals surface area contributed by atoms with E-state index in [2.05, 4.69) is 47.1 Å². The second-order valence-corrected chi connectivity index (χ2v) is 15.2. The fourth-order valence-corrected chi connectivity index (χ4v) is 8.43. The van der Waals surface area contributed by atoms with Crippen LogP contribution >= 0.6 is 0 Å². The van der Waals surface area contributed by atoms with Crippen molar-refractivity contribution in [1.29, 1.82) is 0 Å². The second-order valence-electron chi connectivity index (χ2n) is 15.2. The molecule has 1 aliphatic carbocycles. The fraction of sp³-hybridized carbons (Fsp3) is 0.487. The Balaban J connectivity index is 0.852. The molecule has 0 radical (unpaired) electrons. The van der Waals surface area contributed by atoms with Crippen LogP contribution in [0.25, 0.3) is 11.0 Å². The number of halogens is 1. The molecule has 272 valence electrons. The van der Waals surface area contributed by atoms with Gasteiger partial charge in [-0.15, -0.1) is 0 Å². The number of likely N-dealkylation sites (tertiary alicyclic amines) is 1. The molecule has 1 unspecified atom stereocenters. The quantitative estimate of drug-likeness (QED) is 0.222. The van der Waals surface area contributed by atoms with Gasteiger partial charge in [-0.3, -0.25) is 24.6 Å². The number of imide groups is 1. The lowest BCUT2D eigenvalue weighted by Crippen LogP contribution is -2.54. The van der Waals surface area contributed by atoms with Gasteiger partial charge in [0.25, 0.3) is 5.91 Å². The Morgan fingerprint density at radius 1 is 1.00 bits per heavy atom. The molecular weight excluding hydrogens is 661 g/mol. The largest absolute Gasteiger partial charge is 0.370 e. The average Bonchev–Trinajstić information content (AvgIpc) is 3.78. The Kier molecular flexibility index (Phi) is 9.14. The van der Waals surface area contributed by atoms with E-state index in [4.69, 9.17) is 4.98 Å². The van der Waals surface area contributed by atoms with Gasteiger partial charge >= 0.3 is 0 Å².